The van der Waals surface area contributed by atoms with E-state index >= 15 is 0 Å². The van der Waals surface area contributed by atoms with E-state index in [1.165, 1.54) is 0 Å². The molecular weight excluding hydrogens is 545 g/mol. The van der Waals surface area contributed by atoms with E-state index in [-0.39, 0.29) is 35.6 Å². The van der Waals surface area contributed by atoms with Crippen LogP contribution in [0.15, 0.2) is 24.8 Å². The molecule has 43 heavy (non-hydrogen) atoms. The summed E-state index contributed by atoms with van der Waals surface area (Å²) in [5.74, 6) is 0.380. The molecule has 0 aromatic heterocycles. The van der Waals surface area contributed by atoms with Gasteiger partial charge < -0.3 is 29.6 Å². The molecule has 4 fully saturated rings. The molecule has 0 unspecified atom stereocenters. The van der Waals surface area contributed by atoms with Gasteiger partial charge in [0.1, 0.15) is 17.6 Å². The molecule has 1 saturated heterocycles. The number of aliphatic hydroxyl groups excluding tert-OH is 1. The Morgan fingerprint density at radius 2 is 1.95 bits per heavy atom. The highest BCUT2D eigenvalue weighted by Gasteiger charge is 2.68. The van der Waals surface area contributed by atoms with Gasteiger partial charge in [0.15, 0.2) is 6.61 Å². The molecule has 8 atom stereocenters. The topological polar surface area (TPSA) is 114 Å². The summed E-state index contributed by atoms with van der Waals surface area (Å²) >= 11 is 0. The van der Waals surface area contributed by atoms with Crippen LogP contribution in [0.4, 0.5) is 0 Å². The molecule has 3 saturated carbocycles. The van der Waals surface area contributed by atoms with Crippen molar-refractivity contribution in [2.45, 2.75) is 97.4 Å². The van der Waals surface area contributed by atoms with Gasteiger partial charge in [-0.15, -0.1) is 6.58 Å². The number of fused-ring (bicyclic) bond motifs is 1. The van der Waals surface area contributed by atoms with E-state index in [1.807, 2.05) is 19.1 Å². The zero-order chi connectivity index (χ0) is 30.7. The van der Waals surface area contributed by atoms with Gasteiger partial charge in [-0.25, -0.2) is 4.79 Å². The van der Waals surface area contributed by atoms with Crippen molar-refractivity contribution in [3.8, 4) is 5.75 Å². The van der Waals surface area contributed by atoms with Crippen molar-refractivity contribution in [3.63, 3.8) is 0 Å². The quantitative estimate of drug-likeness (QED) is 0.260. The van der Waals surface area contributed by atoms with Gasteiger partial charge in [-0.3, -0.25) is 4.79 Å². The normalized spacial score (nSPS) is 39.4. The van der Waals surface area contributed by atoms with E-state index in [4.69, 9.17) is 14.1 Å². The number of ketones is 1. The number of benzene rings is 1. The molecule has 0 amide bonds. The molecule has 2 heterocycles. The van der Waals surface area contributed by atoms with Crippen LogP contribution in [0.1, 0.15) is 89.7 Å². The molecule has 2 aliphatic heterocycles. The Morgan fingerprint density at radius 3 is 2.67 bits per heavy atom. The van der Waals surface area contributed by atoms with Crippen LogP contribution in [0.2, 0.25) is 0 Å². The molecule has 9 heteroatoms. The number of hydrogen-bond donors (Lipinski definition) is 3. The first-order valence-corrected chi connectivity index (χ1v) is 16.3. The Bertz CT molecular complexity index is 1280. The predicted molar refractivity (Wildman–Crippen MR) is 164 cm³/mol. The van der Waals surface area contributed by atoms with Gasteiger partial charge in [0.05, 0.1) is 12.7 Å². The van der Waals surface area contributed by atoms with Crippen molar-refractivity contribution in [3.05, 3.63) is 35.9 Å². The molecule has 234 valence electrons. The predicted octanol–water partition coefficient (Wildman–Crippen LogP) is 3.66. The number of esters is 1. The van der Waals surface area contributed by atoms with Crippen LogP contribution < -0.4 is 15.5 Å². The minimum Gasteiger partial charge on any atom is -0.482 e. The van der Waals surface area contributed by atoms with Gasteiger partial charge in [0, 0.05) is 23.2 Å². The van der Waals surface area contributed by atoms with E-state index in [2.05, 4.69) is 32.7 Å². The van der Waals surface area contributed by atoms with Crippen LogP contribution >= 0.6 is 0 Å². The number of Topliss-reactive ketones (excluding diaryl/α,β-unsaturated/α-hetero) is 1. The van der Waals surface area contributed by atoms with E-state index in [9.17, 15) is 19.7 Å². The number of rotatable bonds is 6. The lowest BCUT2D eigenvalue weighted by atomic mass is 9.44. The van der Waals surface area contributed by atoms with Crippen molar-refractivity contribution < 1.29 is 33.8 Å². The molecule has 5 aliphatic rings. The largest absolute Gasteiger partial charge is 0.491 e. The summed E-state index contributed by atoms with van der Waals surface area (Å²) in [7, 11) is -1.01. The second-order valence-corrected chi connectivity index (χ2v) is 14.6. The summed E-state index contributed by atoms with van der Waals surface area (Å²) in [6, 6.07) is 3.76. The number of aliphatic hydroxyl groups is 1. The second kappa shape index (κ2) is 11.3. The highest BCUT2D eigenvalue weighted by Crippen LogP contribution is 2.68. The lowest BCUT2D eigenvalue weighted by Gasteiger charge is -2.61. The first kappa shape index (κ1) is 30.8. The van der Waals surface area contributed by atoms with Gasteiger partial charge in [-0.05, 0) is 104 Å². The average molecular weight is 594 g/mol. The lowest BCUT2D eigenvalue weighted by molar-refractivity contribution is -0.207. The molecule has 3 aliphatic carbocycles. The molecule has 1 aromatic carbocycles. The van der Waals surface area contributed by atoms with Gasteiger partial charge in [-0.1, -0.05) is 33.8 Å². The summed E-state index contributed by atoms with van der Waals surface area (Å²) in [5.41, 5.74) is 1.25. The van der Waals surface area contributed by atoms with Crippen LogP contribution in [0.25, 0.3) is 0 Å². The third-order valence-electron chi connectivity index (χ3n) is 12.7. The smallest absolute Gasteiger partial charge is 0.482 e. The third-order valence-corrected chi connectivity index (χ3v) is 12.7. The molecule has 6 rings (SSSR count). The van der Waals surface area contributed by atoms with E-state index in [1.54, 1.807) is 6.07 Å². The maximum atomic E-state index is 13.6. The highest BCUT2D eigenvalue weighted by atomic mass is 16.6. The van der Waals surface area contributed by atoms with E-state index < -0.39 is 36.1 Å². The summed E-state index contributed by atoms with van der Waals surface area (Å²) in [6.07, 6.45) is 5.96. The van der Waals surface area contributed by atoms with Crippen molar-refractivity contribution >= 4 is 24.3 Å². The van der Waals surface area contributed by atoms with Crippen LogP contribution in [0, 0.1) is 34.0 Å². The van der Waals surface area contributed by atoms with Crippen LogP contribution in [0.3, 0.4) is 0 Å². The zero-order valence-electron chi connectivity index (χ0n) is 26.2. The van der Waals surface area contributed by atoms with Crippen LogP contribution in [0.5, 0.6) is 5.75 Å². The van der Waals surface area contributed by atoms with Crippen molar-refractivity contribution in [1.82, 2.24) is 5.32 Å². The Morgan fingerprint density at radius 1 is 1.21 bits per heavy atom. The number of piperidine rings is 1. The fourth-order valence-corrected chi connectivity index (χ4v) is 9.75. The molecule has 2 bridgehead atoms. The maximum absolute atomic E-state index is 13.6. The molecular formula is C34H48BNO7. The second-order valence-electron chi connectivity index (χ2n) is 14.6. The number of ether oxygens (including phenoxy) is 2. The SMILES string of the molecule is C=C[C@]1(C)C[C@@H](OC(=O)COc2cc3c(c(C4CCNCC4)c2)COB3O)[C@]2(C)[C@H](C)CC[C@]3(CCC(=O)[C@H]32)[C@@H](C)[C@@H]1O. The minimum absolute atomic E-state index is 0.0768. The summed E-state index contributed by atoms with van der Waals surface area (Å²) in [5, 5.41) is 25.6. The monoisotopic (exact) mass is 593 g/mol. The fourth-order valence-electron chi connectivity index (χ4n) is 9.75. The van der Waals surface area contributed by atoms with Gasteiger partial charge in [0.2, 0.25) is 0 Å². The lowest BCUT2D eigenvalue weighted by Crippen LogP contribution is -2.63. The first-order chi connectivity index (χ1) is 20.4. The number of carbonyl (C=O) groups excluding carboxylic acids is 2. The Labute approximate surface area is 256 Å². The van der Waals surface area contributed by atoms with Gasteiger partial charge >= 0.3 is 13.1 Å². The standard InChI is InChI=1S/C34H48BNO7/c1-6-32(4)17-28(33(5)20(2)7-11-34(21(3)31(32)39)12-8-27(37)30(33)34)43-29(38)19-41-23-15-24(22-9-13-36-14-10-22)25-18-42-35(40)26(25)16-23/h6,15-16,20-22,28,30-31,36,39-40H,1,7-14,17-19H2,2-5H3/t20-,21+,28-,30+,31+,32-,33+,34+/m1/s1. The summed E-state index contributed by atoms with van der Waals surface area (Å²) in [6.45, 7) is 14.4. The molecule has 0 spiro atoms. The molecule has 8 nitrogen and oxygen atoms in total. The highest BCUT2D eigenvalue weighted by molar-refractivity contribution is 6.61. The first-order valence-electron chi connectivity index (χ1n) is 16.3. The van der Waals surface area contributed by atoms with E-state index in [0.717, 1.165) is 56.3 Å². The summed E-state index contributed by atoms with van der Waals surface area (Å²) < 4.78 is 18.0. The van der Waals surface area contributed by atoms with Gasteiger partial charge in [-0.2, -0.15) is 0 Å². The molecule has 3 N–H and O–H groups in total. The number of nitrogens with one attached hydrogen (secondary N) is 1. The minimum atomic E-state index is -1.01. The molecule has 0 radical (unpaired) electrons. The van der Waals surface area contributed by atoms with Crippen LogP contribution in [-0.4, -0.2) is 60.9 Å². The van der Waals surface area contributed by atoms with E-state index in [0.29, 0.717) is 36.6 Å². The third kappa shape index (κ3) is 4.90. The number of hydrogen-bond acceptors (Lipinski definition) is 8. The van der Waals surface area contributed by atoms with Crippen molar-refractivity contribution in [2.24, 2.45) is 34.0 Å². The average Bonchev–Trinajstić information content (AvgIpc) is 3.56. The summed E-state index contributed by atoms with van der Waals surface area (Å²) in [4.78, 5) is 27.2. The van der Waals surface area contributed by atoms with Crippen LogP contribution in [-0.2, 0) is 25.6 Å². The molecule has 1 aromatic rings. The fraction of sp³-hybridized carbons (Fsp3) is 0.706. The van der Waals surface area contributed by atoms with Crippen molar-refractivity contribution in [2.75, 3.05) is 19.7 Å². The maximum Gasteiger partial charge on any atom is 0.491 e. The zero-order valence-corrected chi connectivity index (χ0v) is 26.2. The Balaban J connectivity index is 1.27. The Kier molecular flexibility index (Phi) is 8.10. The van der Waals surface area contributed by atoms with Crippen molar-refractivity contribution in [1.29, 1.82) is 0 Å². The Hall–Kier alpha value is -2.20. The van der Waals surface area contributed by atoms with Gasteiger partial charge in [0.25, 0.3) is 0 Å². The number of carbonyl (C=O) groups is 2.